The summed E-state index contributed by atoms with van der Waals surface area (Å²) in [5.74, 6) is 2.56. The van der Waals surface area contributed by atoms with Crippen LogP contribution in [0.15, 0.2) is 54.6 Å². The van der Waals surface area contributed by atoms with Gasteiger partial charge in [-0.3, -0.25) is 15.0 Å². The zero-order valence-corrected chi connectivity index (χ0v) is 17.6. The molecule has 0 saturated carbocycles. The molecule has 0 heterocycles. The Labute approximate surface area is 184 Å². The van der Waals surface area contributed by atoms with Crippen LogP contribution in [0.3, 0.4) is 0 Å². The molecule has 0 aliphatic carbocycles. The van der Waals surface area contributed by atoms with Crippen molar-refractivity contribution in [3.8, 4) is 11.5 Å². The Morgan fingerprint density at radius 2 is 1.80 bits per heavy atom. The first kappa shape index (κ1) is 21.7. The van der Waals surface area contributed by atoms with Gasteiger partial charge in [-0.15, -0.1) is 0 Å². The largest absolute Gasteiger partial charge is 0.456 e. The summed E-state index contributed by atoms with van der Waals surface area (Å²) in [5, 5.41) is 0. The van der Waals surface area contributed by atoms with Gasteiger partial charge in [-0.05, 0) is 70.1 Å². The minimum atomic E-state index is -0.859. The van der Waals surface area contributed by atoms with Gasteiger partial charge >= 0.3 is 0 Å². The summed E-state index contributed by atoms with van der Waals surface area (Å²) in [5.41, 5.74) is 8.08. The molecule has 0 bridgehead atoms. The van der Waals surface area contributed by atoms with Crippen LogP contribution in [0.5, 0.6) is 11.5 Å². The minimum absolute atomic E-state index is 0.0647. The monoisotopic (exact) mass is 523 g/mol. The average Bonchev–Trinajstić information content (AvgIpc) is 2.69. The van der Waals surface area contributed by atoms with Gasteiger partial charge in [-0.25, -0.2) is 14.6 Å². The number of nitrogens with one attached hydrogen (secondary N) is 1. The molecule has 6 nitrogen and oxygen atoms in total. The van der Waals surface area contributed by atoms with E-state index in [4.69, 9.17) is 16.3 Å². The van der Waals surface area contributed by atoms with E-state index in [9.17, 15) is 18.4 Å². The summed E-state index contributed by atoms with van der Waals surface area (Å²) in [6, 6.07) is 12.6. The molecule has 0 atom stereocenters. The zero-order valence-electron chi connectivity index (χ0n) is 15.4. The first-order valence-corrected chi connectivity index (χ1v) is 9.71. The first-order valence-electron chi connectivity index (χ1n) is 8.63. The van der Waals surface area contributed by atoms with E-state index in [1.165, 1.54) is 30.3 Å². The number of carbonyl (C=O) groups is 2. The lowest BCUT2D eigenvalue weighted by Crippen LogP contribution is -2.29. The molecule has 9 heteroatoms. The number of benzene rings is 3. The Morgan fingerprint density at radius 1 is 1.03 bits per heavy atom. The third-order valence-corrected chi connectivity index (χ3v) is 4.92. The second-order valence-corrected chi connectivity index (χ2v) is 7.56. The van der Waals surface area contributed by atoms with Crippen LogP contribution in [-0.2, 0) is 6.42 Å². The van der Waals surface area contributed by atoms with E-state index in [0.29, 0.717) is 3.57 Å². The fourth-order valence-corrected chi connectivity index (χ4v) is 3.37. The summed E-state index contributed by atoms with van der Waals surface area (Å²) in [6.45, 7) is 0. The van der Waals surface area contributed by atoms with E-state index in [0.717, 1.165) is 12.1 Å². The number of amides is 2. The van der Waals surface area contributed by atoms with Crippen LogP contribution in [-0.4, -0.2) is 11.8 Å². The molecule has 0 fully saturated rings. The smallest absolute Gasteiger partial charge is 0.265 e. The number of halogens is 3. The number of hydrazine groups is 1. The number of ether oxygens (including phenoxy) is 1. The molecule has 0 aliphatic rings. The molecular weight excluding hydrogens is 507 g/mol. The second kappa shape index (κ2) is 9.18. The molecule has 5 N–H and O–H groups in total. The highest BCUT2D eigenvalue weighted by molar-refractivity contribution is 14.1. The number of hydrogen-bond donors (Lipinski definition) is 3. The Hall–Kier alpha value is -3.05. The van der Waals surface area contributed by atoms with E-state index < -0.39 is 23.4 Å². The molecule has 3 aromatic carbocycles. The SMILES string of the molecule is NNC(=O)c1cccc(Oc2cc(F)cc(Cc3ccc(I)cc3F)c2C(N)=O)c1. The molecule has 0 aliphatic heterocycles. The van der Waals surface area contributed by atoms with Crippen molar-refractivity contribution in [2.45, 2.75) is 6.42 Å². The maximum atomic E-state index is 14.3. The van der Waals surface area contributed by atoms with Crippen molar-refractivity contribution in [3.05, 3.63) is 92.1 Å². The minimum Gasteiger partial charge on any atom is -0.456 e. The third-order valence-electron chi connectivity index (χ3n) is 4.25. The van der Waals surface area contributed by atoms with Crippen LogP contribution in [0.25, 0.3) is 0 Å². The molecule has 0 radical (unpaired) electrons. The molecule has 0 unspecified atom stereocenters. The second-order valence-electron chi connectivity index (χ2n) is 6.32. The van der Waals surface area contributed by atoms with Crippen molar-refractivity contribution >= 4 is 34.4 Å². The first-order chi connectivity index (χ1) is 14.3. The van der Waals surface area contributed by atoms with Crippen LogP contribution < -0.4 is 21.7 Å². The zero-order chi connectivity index (χ0) is 21.8. The van der Waals surface area contributed by atoms with Crippen LogP contribution in [0.2, 0.25) is 0 Å². The van der Waals surface area contributed by atoms with Gasteiger partial charge < -0.3 is 10.5 Å². The third kappa shape index (κ3) is 4.92. The number of nitrogen functional groups attached to an aromatic ring is 1. The lowest BCUT2D eigenvalue weighted by Gasteiger charge is -2.15. The van der Waals surface area contributed by atoms with Gasteiger partial charge in [0, 0.05) is 21.6 Å². The van der Waals surface area contributed by atoms with Crippen LogP contribution in [0.1, 0.15) is 31.8 Å². The van der Waals surface area contributed by atoms with E-state index >= 15 is 0 Å². The number of nitrogens with two attached hydrogens (primary N) is 2. The lowest BCUT2D eigenvalue weighted by molar-refractivity contribution is 0.0951. The van der Waals surface area contributed by atoms with Gasteiger partial charge in [0.1, 0.15) is 23.1 Å². The summed E-state index contributed by atoms with van der Waals surface area (Å²) in [7, 11) is 0. The van der Waals surface area contributed by atoms with Crippen LogP contribution in [0.4, 0.5) is 8.78 Å². The number of carbonyl (C=O) groups excluding carboxylic acids is 2. The molecule has 3 rings (SSSR count). The topological polar surface area (TPSA) is 107 Å². The number of hydrogen-bond acceptors (Lipinski definition) is 4. The van der Waals surface area contributed by atoms with Gasteiger partial charge in [-0.1, -0.05) is 12.1 Å². The summed E-state index contributed by atoms with van der Waals surface area (Å²) >= 11 is 1.97. The summed E-state index contributed by atoms with van der Waals surface area (Å²) < 4.78 is 34.9. The molecule has 30 heavy (non-hydrogen) atoms. The molecular formula is C21H16F2IN3O3. The van der Waals surface area contributed by atoms with Gasteiger partial charge in [-0.2, -0.15) is 0 Å². The van der Waals surface area contributed by atoms with Crippen molar-refractivity contribution < 1.29 is 23.1 Å². The highest BCUT2D eigenvalue weighted by Crippen LogP contribution is 2.31. The quantitative estimate of drug-likeness (QED) is 0.199. The van der Waals surface area contributed by atoms with Gasteiger partial charge in [0.25, 0.3) is 11.8 Å². The van der Waals surface area contributed by atoms with E-state index in [2.05, 4.69) is 0 Å². The molecule has 0 aromatic heterocycles. The Bertz CT molecular complexity index is 1140. The van der Waals surface area contributed by atoms with E-state index in [-0.39, 0.29) is 40.2 Å². The van der Waals surface area contributed by atoms with Crippen LogP contribution >= 0.6 is 22.6 Å². The fraction of sp³-hybridized carbons (Fsp3) is 0.0476. The van der Waals surface area contributed by atoms with Gasteiger partial charge in [0.05, 0.1) is 5.56 Å². The molecule has 154 valence electrons. The maximum absolute atomic E-state index is 14.3. The van der Waals surface area contributed by atoms with Crippen molar-refractivity contribution in [2.24, 2.45) is 11.6 Å². The molecule has 0 spiro atoms. The standard InChI is InChI=1S/C21H16F2IN3O3/c22-14-7-13(6-11-4-5-15(24)10-17(11)23)19(20(25)28)18(9-14)30-16-3-1-2-12(8-16)21(29)27-26/h1-5,7-10H,6,26H2,(H2,25,28)(H,27,29). The predicted molar refractivity (Wildman–Crippen MR) is 115 cm³/mol. The highest BCUT2D eigenvalue weighted by Gasteiger charge is 2.20. The normalized spacial score (nSPS) is 10.5. The average molecular weight is 523 g/mol. The molecule has 2 amide bonds. The fourth-order valence-electron chi connectivity index (χ4n) is 2.92. The number of primary amides is 1. The predicted octanol–water partition coefficient (Wildman–Crippen LogP) is 3.65. The summed E-state index contributed by atoms with van der Waals surface area (Å²) in [4.78, 5) is 23.8. The molecule has 0 saturated heterocycles. The Morgan fingerprint density at radius 3 is 2.47 bits per heavy atom. The highest BCUT2D eigenvalue weighted by atomic mass is 127. The van der Waals surface area contributed by atoms with Crippen molar-refractivity contribution in [1.82, 2.24) is 5.43 Å². The maximum Gasteiger partial charge on any atom is 0.265 e. The van der Waals surface area contributed by atoms with E-state index in [1.807, 2.05) is 28.0 Å². The van der Waals surface area contributed by atoms with Crippen LogP contribution in [0, 0.1) is 15.2 Å². The molecule has 3 aromatic rings. The van der Waals surface area contributed by atoms with Gasteiger partial charge in [0.2, 0.25) is 0 Å². The lowest BCUT2D eigenvalue weighted by atomic mass is 9.98. The summed E-state index contributed by atoms with van der Waals surface area (Å²) in [6.07, 6.45) is -0.0647. The van der Waals surface area contributed by atoms with E-state index in [1.54, 1.807) is 12.1 Å². The Balaban J connectivity index is 2.03. The Kier molecular flexibility index (Phi) is 6.63. The van der Waals surface area contributed by atoms with Crippen molar-refractivity contribution in [1.29, 1.82) is 0 Å². The number of rotatable bonds is 6. The van der Waals surface area contributed by atoms with Crippen molar-refractivity contribution in [2.75, 3.05) is 0 Å². The van der Waals surface area contributed by atoms with Gasteiger partial charge in [0.15, 0.2) is 0 Å². The van der Waals surface area contributed by atoms with Crippen molar-refractivity contribution in [3.63, 3.8) is 0 Å².